The van der Waals surface area contributed by atoms with Crippen LogP contribution in [0.2, 0.25) is 0 Å². The smallest absolute Gasteiger partial charge is 0.368 e. The number of amides is 1. The van der Waals surface area contributed by atoms with Crippen molar-refractivity contribution >= 4 is 23.4 Å². The Bertz CT molecular complexity index is 817. The van der Waals surface area contributed by atoms with E-state index in [2.05, 4.69) is 12.1 Å². The third-order valence-corrected chi connectivity index (χ3v) is 5.74. The molecule has 0 N–H and O–H groups in total. The third-order valence-electron chi connectivity index (χ3n) is 4.75. The topological polar surface area (TPSA) is 23.6 Å². The van der Waals surface area contributed by atoms with Crippen LogP contribution in [0.3, 0.4) is 0 Å². The van der Waals surface area contributed by atoms with E-state index in [1.165, 1.54) is 23.3 Å². The number of benzene rings is 2. The van der Waals surface area contributed by atoms with Crippen molar-refractivity contribution in [3.63, 3.8) is 0 Å². The van der Waals surface area contributed by atoms with Gasteiger partial charge in [0.2, 0.25) is 5.91 Å². The zero-order valence-corrected chi connectivity index (χ0v) is 16.5. The Balaban J connectivity index is 1.47. The van der Waals surface area contributed by atoms with E-state index < -0.39 is 11.7 Å². The molecule has 0 aliphatic carbocycles. The predicted octanol–water partition coefficient (Wildman–Crippen LogP) is 4.60. The highest BCUT2D eigenvalue weighted by atomic mass is 32.2. The van der Waals surface area contributed by atoms with Gasteiger partial charge in [0.1, 0.15) is 0 Å². The van der Waals surface area contributed by atoms with Crippen LogP contribution < -0.4 is 4.90 Å². The average molecular weight is 408 g/mol. The van der Waals surface area contributed by atoms with Gasteiger partial charge in [0, 0.05) is 37.6 Å². The number of anilines is 1. The minimum absolute atomic E-state index is 0.0846. The van der Waals surface area contributed by atoms with Gasteiger partial charge >= 0.3 is 6.18 Å². The molecule has 0 spiro atoms. The van der Waals surface area contributed by atoms with E-state index in [4.69, 9.17) is 0 Å². The summed E-state index contributed by atoms with van der Waals surface area (Å²) in [6, 6.07) is 13.6. The summed E-state index contributed by atoms with van der Waals surface area (Å²) >= 11 is 1.59. The molecule has 2 aromatic rings. The quantitative estimate of drug-likeness (QED) is 0.723. The molecule has 1 fully saturated rings. The van der Waals surface area contributed by atoms with Crippen LogP contribution in [0.4, 0.5) is 18.9 Å². The molecule has 3 rings (SSSR count). The highest BCUT2D eigenvalue weighted by Crippen LogP contribution is 2.31. The van der Waals surface area contributed by atoms with E-state index in [1.54, 1.807) is 22.7 Å². The van der Waals surface area contributed by atoms with Gasteiger partial charge in [0.15, 0.2) is 0 Å². The van der Waals surface area contributed by atoms with Gasteiger partial charge in [0.25, 0.3) is 0 Å². The van der Waals surface area contributed by atoms with E-state index in [1.807, 2.05) is 24.0 Å². The van der Waals surface area contributed by atoms with Crippen LogP contribution in [0.1, 0.15) is 16.7 Å². The van der Waals surface area contributed by atoms with Crippen molar-refractivity contribution in [2.45, 2.75) is 18.9 Å². The normalized spacial score (nSPS) is 15.0. The van der Waals surface area contributed by atoms with Crippen LogP contribution in [-0.2, 0) is 16.7 Å². The van der Waals surface area contributed by atoms with E-state index in [0.29, 0.717) is 37.6 Å². The van der Waals surface area contributed by atoms with Gasteiger partial charge < -0.3 is 9.80 Å². The molecule has 3 nitrogen and oxygen atoms in total. The molecule has 0 radical (unpaired) electrons. The number of piperazine rings is 1. The fourth-order valence-electron chi connectivity index (χ4n) is 3.24. The lowest BCUT2D eigenvalue weighted by Gasteiger charge is -2.36. The van der Waals surface area contributed by atoms with Gasteiger partial charge in [0.05, 0.1) is 11.3 Å². The number of carbonyl (C=O) groups excluding carboxylic acids is 1. The number of hydrogen-bond donors (Lipinski definition) is 0. The standard InChI is InChI=1S/C21H23F3N2OS/c1-16-4-2-5-17(12-16)14-28-15-20(27)26-10-8-25(9-11-26)19-7-3-6-18(13-19)21(22,23)24/h2-7,12-13H,8-11,14-15H2,1H3. The lowest BCUT2D eigenvalue weighted by molar-refractivity contribution is -0.137. The first-order chi connectivity index (χ1) is 13.3. The lowest BCUT2D eigenvalue weighted by atomic mass is 10.1. The molecule has 1 aliphatic heterocycles. The molecule has 1 heterocycles. The molecule has 1 aliphatic rings. The van der Waals surface area contributed by atoms with Crippen molar-refractivity contribution < 1.29 is 18.0 Å². The first-order valence-electron chi connectivity index (χ1n) is 9.16. The molecular weight excluding hydrogens is 385 g/mol. The average Bonchev–Trinajstić information content (AvgIpc) is 2.67. The van der Waals surface area contributed by atoms with Crippen LogP contribution in [0.15, 0.2) is 48.5 Å². The van der Waals surface area contributed by atoms with Crippen molar-refractivity contribution in [1.82, 2.24) is 4.90 Å². The summed E-state index contributed by atoms with van der Waals surface area (Å²) in [5.41, 5.74) is 2.31. The Kier molecular flexibility index (Phi) is 6.54. The van der Waals surface area contributed by atoms with Gasteiger partial charge in [-0.2, -0.15) is 13.2 Å². The number of halogens is 3. The van der Waals surface area contributed by atoms with E-state index in [-0.39, 0.29) is 5.91 Å². The number of nitrogens with zero attached hydrogens (tertiary/aromatic N) is 2. The molecule has 0 atom stereocenters. The minimum atomic E-state index is -4.34. The summed E-state index contributed by atoms with van der Waals surface area (Å²) in [6.07, 6.45) is -4.34. The summed E-state index contributed by atoms with van der Waals surface area (Å²) in [6.45, 7) is 4.18. The Morgan fingerprint density at radius 1 is 1.04 bits per heavy atom. The molecule has 1 saturated heterocycles. The van der Waals surface area contributed by atoms with E-state index in [0.717, 1.165) is 11.8 Å². The second-order valence-corrected chi connectivity index (χ2v) is 7.88. The zero-order chi connectivity index (χ0) is 20.1. The summed E-state index contributed by atoms with van der Waals surface area (Å²) < 4.78 is 38.7. The third kappa shape index (κ3) is 5.44. The zero-order valence-electron chi connectivity index (χ0n) is 15.7. The number of aryl methyl sites for hydroxylation is 1. The first kappa shape index (κ1) is 20.6. The summed E-state index contributed by atoms with van der Waals surface area (Å²) in [5.74, 6) is 1.29. The van der Waals surface area contributed by atoms with Crippen LogP contribution in [-0.4, -0.2) is 42.7 Å². The SMILES string of the molecule is Cc1cccc(CSCC(=O)N2CCN(c3cccc(C(F)(F)F)c3)CC2)c1. The maximum Gasteiger partial charge on any atom is 0.416 e. The van der Waals surface area contributed by atoms with Crippen LogP contribution in [0, 0.1) is 6.92 Å². The minimum Gasteiger partial charge on any atom is -0.368 e. The predicted molar refractivity (Wildman–Crippen MR) is 108 cm³/mol. The van der Waals surface area contributed by atoms with E-state index >= 15 is 0 Å². The largest absolute Gasteiger partial charge is 0.416 e. The molecule has 0 unspecified atom stereocenters. The highest BCUT2D eigenvalue weighted by Gasteiger charge is 2.31. The van der Waals surface area contributed by atoms with Crippen molar-refractivity contribution in [3.8, 4) is 0 Å². The van der Waals surface area contributed by atoms with Gasteiger partial charge in [-0.3, -0.25) is 4.79 Å². The summed E-state index contributed by atoms with van der Waals surface area (Å²) in [4.78, 5) is 16.1. The highest BCUT2D eigenvalue weighted by molar-refractivity contribution is 7.99. The van der Waals surface area contributed by atoms with Gasteiger partial charge in [-0.25, -0.2) is 0 Å². The van der Waals surface area contributed by atoms with Crippen LogP contribution >= 0.6 is 11.8 Å². The van der Waals surface area contributed by atoms with Crippen molar-refractivity contribution in [2.24, 2.45) is 0 Å². The van der Waals surface area contributed by atoms with Gasteiger partial charge in [-0.1, -0.05) is 35.9 Å². The summed E-state index contributed by atoms with van der Waals surface area (Å²) in [7, 11) is 0. The van der Waals surface area contributed by atoms with Crippen LogP contribution in [0.25, 0.3) is 0 Å². The van der Waals surface area contributed by atoms with E-state index in [9.17, 15) is 18.0 Å². The Morgan fingerprint density at radius 3 is 2.43 bits per heavy atom. The Labute approximate surface area is 167 Å². The maximum atomic E-state index is 12.9. The van der Waals surface area contributed by atoms with Gasteiger partial charge in [-0.05, 0) is 30.7 Å². The molecule has 0 aromatic heterocycles. The number of alkyl halides is 3. The maximum absolute atomic E-state index is 12.9. The monoisotopic (exact) mass is 408 g/mol. The second kappa shape index (κ2) is 8.90. The Morgan fingerprint density at radius 2 is 1.75 bits per heavy atom. The molecule has 28 heavy (non-hydrogen) atoms. The number of thioether (sulfide) groups is 1. The molecular formula is C21H23F3N2OS. The van der Waals surface area contributed by atoms with Crippen molar-refractivity contribution in [2.75, 3.05) is 36.8 Å². The molecule has 0 bridgehead atoms. The number of carbonyl (C=O) groups is 1. The fraction of sp³-hybridized carbons (Fsp3) is 0.381. The molecule has 0 saturated carbocycles. The molecule has 1 amide bonds. The first-order valence-corrected chi connectivity index (χ1v) is 10.3. The molecule has 2 aromatic carbocycles. The number of rotatable bonds is 5. The summed E-state index contributed by atoms with van der Waals surface area (Å²) in [5, 5.41) is 0. The van der Waals surface area contributed by atoms with Crippen molar-refractivity contribution in [3.05, 3.63) is 65.2 Å². The number of hydrogen-bond acceptors (Lipinski definition) is 3. The molecule has 7 heteroatoms. The van der Waals surface area contributed by atoms with Gasteiger partial charge in [-0.15, -0.1) is 11.8 Å². The van der Waals surface area contributed by atoms with Crippen molar-refractivity contribution in [1.29, 1.82) is 0 Å². The molecule has 150 valence electrons. The second-order valence-electron chi connectivity index (χ2n) is 6.90. The van der Waals surface area contributed by atoms with Crippen LogP contribution in [0.5, 0.6) is 0 Å². The lowest BCUT2D eigenvalue weighted by Crippen LogP contribution is -2.49. The Hall–Kier alpha value is -2.15. The fourth-order valence-corrected chi connectivity index (χ4v) is 4.12.